The van der Waals surface area contributed by atoms with Gasteiger partial charge in [-0.2, -0.15) is 0 Å². The van der Waals surface area contributed by atoms with Crippen molar-refractivity contribution in [3.63, 3.8) is 0 Å². The van der Waals surface area contributed by atoms with E-state index in [1.54, 1.807) is 4.90 Å². The van der Waals surface area contributed by atoms with Gasteiger partial charge in [-0.25, -0.2) is 27.5 Å². The van der Waals surface area contributed by atoms with Gasteiger partial charge in [0.15, 0.2) is 23.4 Å². The number of nitrogens with one attached hydrogen (secondary N) is 1. The summed E-state index contributed by atoms with van der Waals surface area (Å²) in [5.74, 6) is -5.89. The van der Waals surface area contributed by atoms with Crippen molar-refractivity contribution in [1.82, 2.24) is 14.9 Å². The van der Waals surface area contributed by atoms with E-state index in [1.165, 1.54) is 12.1 Å². The molecule has 1 N–H and O–H groups in total. The molecule has 0 saturated carbocycles. The van der Waals surface area contributed by atoms with Crippen LogP contribution >= 0.6 is 11.6 Å². The minimum Gasteiger partial charge on any atom is -0.493 e. The maximum atomic E-state index is 15.1. The molecule has 2 fully saturated rings. The lowest BCUT2D eigenvalue weighted by atomic mass is 10.0. The number of benzene rings is 2. The van der Waals surface area contributed by atoms with Gasteiger partial charge in [0.25, 0.3) is 5.92 Å². The number of hydrogen-bond acceptors (Lipinski definition) is 7. The van der Waals surface area contributed by atoms with Gasteiger partial charge in [0, 0.05) is 24.4 Å². The molecule has 0 radical (unpaired) electrons. The fraction of sp³-hybridized carbons (Fsp3) is 0.391. The number of fused-ring (bicyclic) bond motifs is 1. The van der Waals surface area contributed by atoms with Gasteiger partial charge in [0.1, 0.15) is 23.0 Å². The van der Waals surface area contributed by atoms with Gasteiger partial charge in [-0.1, -0.05) is 11.6 Å². The molecule has 5 rings (SSSR count). The van der Waals surface area contributed by atoms with E-state index in [0.717, 1.165) is 18.5 Å². The summed E-state index contributed by atoms with van der Waals surface area (Å²) in [5, 5.41) is 2.12. The summed E-state index contributed by atoms with van der Waals surface area (Å²) < 4.78 is 96.6. The van der Waals surface area contributed by atoms with Gasteiger partial charge in [-0.15, -0.1) is 0 Å². The number of piperidine rings is 1. The quantitative estimate of drug-likeness (QED) is 0.373. The average Bonchev–Trinajstić information content (AvgIpc) is 2.79. The van der Waals surface area contributed by atoms with E-state index in [-0.39, 0.29) is 46.4 Å². The molecule has 0 aliphatic carbocycles. The number of methoxy groups -OCH3 is 1. The van der Waals surface area contributed by atoms with Crippen LogP contribution < -0.4 is 14.8 Å². The minimum absolute atomic E-state index is 0.00780. The average molecular weight is 516 g/mol. The lowest BCUT2D eigenvalue weighted by molar-refractivity contribution is -0.170. The molecular weight excluding hydrogens is 492 g/mol. The number of anilines is 2. The van der Waals surface area contributed by atoms with Crippen LogP contribution in [0.25, 0.3) is 10.9 Å². The summed E-state index contributed by atoms with van der Waals surface area (Å²) in [6.07, 6.45) is -0.503. The third kappa shape index (κ3) is 4.55. The number of hydrogen-bond donors (Lipinski definition) is 1. The summed E-state index contributed by atoms with van der Waals surface area (Å²) in [7, 11) is -2.91. The van der Waals surface area contributed by atoms with Gasteiger partial charge in [0.2, 0.25) is 0 Å². The highest BCUT2D eigenvalue weighted by atomic mass is 35.5. The Balaban J connectivity index is 1.50. The Kier molecular flexibility index (Phi) is 5.39. The fourth-order valence-electron chi connectivity index (χ4n) is 4.08. The van der Waals surface area contributed by atoms with Crippen LogP contribution in [0.5, 0.6) is 11.5 Å². The molecule has 35 heavy (non-hydrogen) atoms. The molecule has 12 heteroatoms. The maximum Gasteiger partial charge on any atom is 0.296 e. The number of likely N-dealkylation sites (tertiary alicyclic amines) is 1. The molecule has 7 nitrogen and oxygen atoms in total. The van der Waals surface area contributed by atoms with E-state index in [1.807, 2.05) is 0 Å². The number of alkyl halides is 2. The van der Waals surface area contributed by atoms with E-state index in [4.69, 9.17) is 29.9 Å². The van der Waals surface area contributed by atoms with E-state index in [0.29, 0.717) is 19.8 Å². The Morgan fingerprint density at radius 2 is 2.06 bits per heavy atom. The van der Waals surface area contributed by atoms with E-state index in [9.17, 15) is 8.78 Å². The number of ether oxygens (including phenoxy) is 3. The van der Waals surface area contributed by atoms with Crippen LogP contribution in [0.15, 0.2) is 30.6 Å². The van der Waals surface area contributed by atoms with Crippen LogP contribution in [0.4, 0.5) is 29.1 Å². The molecule has 2 saturated heterocycles. The molecule has 3 aromatic rings. The molecule has 2 aliphatic rings. The van der Waals surface area contributed by atoms with E-state index in [2.05, 4.69) is 15.3 Å². The summed E-state index contributed by atoms with van der Waals surface area (Å²) in [6.45, 7) is 0.560. The molecule has 2 aromatic carbocycles. The van der Waals surface area contributed by atoms with Crippen molar-refractivity contribution >= 4 is 34.0 Å². The Labute approximate surface area is 207 Å². The first-order valence-electron chi connectivity index (χ1n) is 12.2. The monoisotopic (exact) mass is 515 g/mol. The lowest BCUT2D eigenvalue weighted by Gasteiger charge is -2.44. The smallest absolute Gasteiger partial charge is 0.296 e. The Morgan fingerprint density at radius 1 is 1.23 bits per heavy atom. The normalized spacial score (nSPS) is 22.1. The molecule has 0 amide bonds. The Hall–Kier alpha value is -2.89. The number of rotatable bonds is 6. The first kappa shape index (κ1) is 20.3. The molecule has 1 aromatic heterocycles. The van der Waals surface area contributed by atoms with Crippen molar-refractivity contribution < 1.29 is 35.9 Å². The first-order chi connectivity index (χ1) is 17.9. The molecule has 0 unspecified atom stereocenters. The summed E-state index contributed by atoms with van der Waals surface area (Å²) in [6, 6.07) is 4.43. The third-order valence-electron chi connectivity index (χ3n) is 6.07. The minimum atomic E-state index is -3.26. The predicted octanol–water partition coefficient (Wildman–Crippen LogP) is 4.80. The van der Waals surface area contributed by atoms with Crippen molar-refractivity contribution in [2.24, 2.45) is 0 Å². The number of halogens is 5. The summed E-state index contributed by atoms with van der Waals surface area (Å²) in [4.78, 5) is 9.78. The third-order valence-corrected chi connectivity index (χ3v) is 6.42. The predicted molar refractivity (Wildman–Crippen MR) is 121 cm³/mol. The zero-order valence-corrected chi connectivity index (χ0v) is 18.8. The second kappa shape index (κ2) is 9.29. The molecule has 3 heterocycles. The Morgan fingerprint density at radius 3 is 2.77 bits per heavy atom. The highest BCUT2D eigenvalue weighted by molar-refractivity contribution is 6.31. The molecular formula is C23H21ClF4N4O3. The van der Waals surface area contributed by atoms with Crippen molar-refractivity contribution in [2.45, 2.75) is 24.5 Å². The van der Waals surface area contributed by atoms with Crippen molar-refractivity contribution in [1.29, 1.82) is 0 Å². The van der Waals surface area contributed by atoms with Gasteiger partial charge in [0.05, 0.1) is 48.2 Å². The van der Waals surface area contributed by atoms with E-state index < -0.39 is 42.3 Å². The molecule has 186 valence electrons. The zero-order chi connectivity index (χ0) is 27.2. The standard InChI is InChI=1S/C23H21ClF4N4O3/c1-33-17-7-16-13(22(30-11-29-16)31-15-3-2-14(25)20(24)21(15)26)6-18(17)35-19-4-5-32(10-23(19,27)28)12-8-34-9-12/h2-3,6-7,11-12,19H,4-5,8-10H2,1H3,(H,29,30,31)/t19-/m0/s1/i1D3. The lowest BCUT2D eigenvalue weighted by Crippen LogP contribution is -2.60. The van der Waals surface area contributed by atoms with Crippen molar-refractivity contribution in [3.05, 3.63) is 47.2 Å². The fourth-order valence-corrected chi connectivity index (χ4v) is 4.24. The van der Waals surface area contributed by atoms with Crippen LogP contribution in [-0.2, 0) is 4.74 Å². The number of nitrogens with zero attached hydrogens (tertiary/aromatic N) is 3. The molecule has 2 aliphatic heterocycles. The van der Waals surface area contributed by atoms with Crippen molar-refractivity contribution in [3.8, 4) is 11.5 Å². The first-order valence-corrected chi connectivity index (χ1v) is 11.0. The van der Waals surface area contributed by atoms with Crippen LogP contribution in [-0.4, -0.2) is 66.3 Å². The van der Waals surface area contributed by atoms with Crippen LogP contribution in [0, 0.1) is 11.6 Å². The second-order valence-electron chi connectivity index (χ2n) is 8.31. The van der Waals surface area contributed by atoms with Crippen molar-refractivity contribution in [2.75, 3.05) is 38.7 Å². The number of aromatic nitrogens is 2. The zero-order valence-electron chi connectivity index (χ0n) is 21.0. The largest absolute Gasteiger partial charge is 0.493 e. The summed E-state index contributed by atoms with van der Waals surface area (Å²) >= 11 is 5.66. The SMILES string of the molecule is [2H]C([2H])([2H])Oc1cc2ncnc(Nc3ccc(F)c(Cl)c3F)c2cc1O[C@H]1CCN(C2COC2)CC1(F)F. The topological polar surface area (TPSA) is 68.7 Å². The summed E-state index contributed by atoms with van der Waals surface area (Å²) in [5.41, 5.74) is -0.0603. The van der Waals surface area contributed by atoms with Crippen LogP contribution in [0.1, 0.15) is 10.5 Å². The Bertz CT molecular complexity index is 1360. The van der Waals surface area contributed by atoms with E-state index >= 15 is 8.78 Å². The second-order valence-corrected chi connectivity index (χ2v) is 8.68. The van der Waals surface area contributed by atoms with Gasteiger partial charge in [-0.3, -0.25) is 4.90 Å². The highest BCUT2D eigenvalue weighted by Gasteiger charge is 2.48. The van der Waals surface area contributed by atoms with Gasteiger partial charge >= 0.3 is 0 Å². The van der Waals surface area contributed by atoms with Crippen LogP contribution in [0.3, 0.4) is 0 Å². The highest BCUT2D eigenvalue weighted by Crippen LogP contribution is 2.39. The maximum absolute atomic E-state index is 15.1. The van der Waals surface area contributed by atoms with Gasteiger partial charge < -0.3 is 19.5 Å². The van der Waals surface area contributed by atoms with Gasteiger partial charge in [-0.05, 0) is 18.2 Å². The molecule has 0 bridgehead atoms. The molecule has 0 spiro atoms. The molecule has 1 atom stereocenters. The van der Waals surface area contributed by atoms with Crippen LogP contribution in [0.2, 0.25) is 5.02 Å².